The fraction of sp³-hybridized carbons (Fsp3) is 0.462. The summed E-state index contributed by atoms with van der Waals surface area (Å²) in [5, 5.41) is 3.88. The maximum atomic E-state index is 11.7. The van der Waals surface area contributed by atoms with Crippen molar-refractivity contribution >= 4 is 5.78 Å². The summed E-state index contributed by atoms with van der Waals surface area (Å²) >= 11 is 0. The molecule has 2 aromatic heterocycles. The molecule has 0 N–H and O–H groups in total. The summed E-state index contributed by atoms with van der Waals surface area (Å²) in [4.78, 5) is 15.9. The molecule has 2 heterocycles. The molecule has 18 heavy (non-hydrogen) atoms. The van der Waals surface area contributed by atoms with Gasteiger partial charge in [-0.05, 0) is 12.5 Å². The lowest BCUT2D eigenvalue weighted by Crippen LogP contribution is -2.00. The van der Waals surface area contributed by atoms with Crippen LogP contribution in [0.15, 0.2) is 23.0 Å². The topological polar surface area (TPSA) is 60.9 Å². The van der Waals surface area contributed by atoms with Crippen LogP contribution in [-0.2, 0) is 13.0 Å². The standard InChI is InChI=1S/C13H17N3O2/c1-3-5-11(17)10-6-7-16(8-10)9-12-14-13(4-2)18-15-12/h6-8H,3-5,9H2,1-2H3. The average molecular weight is 247 g/mol. The fourth-order valence-electron chi connectivity index (χ4n) is 1.74. The van der Waals surface area contributed by atoms with Gasteiger partial charge in [-0.25, -0.2) is 0 Å². The number of nitrogens with zero attached hydrogens (tertiary/aromatic N) is 3. The molecule has 5 nitrogen and oxygen atoms in total. The minimum absolute atomic E-state index is 0.179. The largest absolute Gasteiger partial charge is 0.346 e. The lowest BCUT2D eigenvalue weighted by atomic mass is 10.1. The summed E-state index contributed by atoms with van der Waals surface area (Å²) in [5.41, 5.74) is 0.746. The van der Waals surface area contributed by atoms with Crippen molar-refractivity contribution < 1.29 is 9.32 Å². The zero-order valence-electron chi connectivity index (χ0n) is 10.7. The summed E-state index contributed by atoms with van der Waals surface area (Å²) < 4.78 is 6.93. The predicted molar refractivity (Wildman–Crippen MR) is 66.4 cm³/mol. The van der Waals surface area contributed by atoms with E-state index in [1.165, 1.54) is 0 Å². The van der Waals surface area contributed by atoms with E-state index in [0.29, 0.717) is 24.7 Å². The molecule has 0 aliphatic heterocycles. The van der Waals surface area contributed by atoms with E-state index in [-0.39, 0.29) is 5.78 Å². The van der Waals surface area contributed by atoms with Crippen LogP contribution in [0.4, 0.5) is 0 Å². The van der Waals surface area contributed by atoms with E-state index < -0.39 is 0 Å². The Morgan fingerprint density at radius 1 is 1.44 bits per heavy atom. The Balaban J connectivity index is 2.04. The van der Waals surface area contributed by atoms with E-state index in [1.54, 1.807) is 0 Å². The number of aromatic nitrogens is 3. The van der Waals surface area contributed by atoms with Crippen molar-refractivity contribution in [2.24, 2.45) is 0 Å². The molecule has 5 heteroatoms. The third-order valence-electron chi connectivity index (χ3n) is 2.69. The highest BCUT2D eigenvalue weighted by molar-refractivity contribution is 5.95. The van der Waals surface area contributed by atoms with Gasteiger partial charge in [0.2, 0.25) is 5.89 Å². The van der Waals surface area contributed by atoms with Crippen molar-refractivity contribution in [3.05, 3.63) is 35.7 Å². The fourth-order valence-corrected chi connectivity index (χ4v) is 1.74. The first-order chi connectivity index (χ1) is 8.72. The van der Waals surface area contributed by atoms with E-state index >= 15 is 0 Å². The highest BCUT2D eigenvalue weighted by Gasteiger charge is 2.08. The summed E-state index contributed by atoms with van der Waals surface area (Å²) in [6.07, 6.45) is 5.89. The Morgan fingerprint density at radius 2 is 2.28 bits per heavy atom. The second kappa shape index (κ2) is 5.62. The van der Waals surface area contributed by atoms with Crippen LogP contribution in [0.5, 0.6) is 0 Å². The molecule has 0 spiro atoms. The molecule has 0 bridgehead atoms. The Morgan fingerprint density at radius 3 is 2.94 bits per heavy atom. The van der Waals surface area contributed by atoms with Crippen LogP contribution < -0.4 is 0 Å². The van der Waals surface area contributed by atoms with Gasteiger partial charge in [-0.3, -0.25) is 4.79 Å². The molecule has 0 unspecified atom stereocenters. The first-order valence-electron chi connectivity index (χ1n) is 6.23. The Kier molecular flexibility index (Phi) is 3.92. The number of aryl methyl sites for hydroxylation is 1. The monoisotopic (exact) mass is 247 g/mol. The zero-order valence-corrected chi connectivity index (χ0v) is 10.7. The molecule has 2 rings (SSSR count). The van der Waals surface area contributed by atoms with Crippen molar-refractivity contribution in [2.45, 2.75) is 39.7 Å². The highest BCUT2D eigenvalue weighted by Crippen LogP contribution is 2.08. The third kappa shape index (κ3) is 2.85. The van der Waals surface area contributed by atoms with Gasteiger partial charge in [0.05, 0.1) is 6.54 Å². The number of carbonyl (C=O) groups is 1. The van der Waals surface area contributed by atoms with Crippen LogP contribution in [-0.4, -0.2) is 20.5 Å². The van der Waals surface area contributed by atoms with Crippen molar-refractivity contribution in [1.29, 1.82) is 0 Å². The molecule has 0 fully saturated rings. The number of Topliss-reactive ketones (excluding diaryl/α,β-unsaturated/α-hetero) is 1. The molecule has 0 aliphatic carbocycles. The zero-order chi connectivity index (χ0) is 13.0. The number of ketones is 1. The lowest BCUT2D eigenvalue weighted by molar-refractivity contribution is 0.0981. The average Bonchev–Trinajstić information content (AvgIpc) is 2.99. The summed E-state index contributed by atoms with van der Waals surface area (Å²) in [6, 6.07) is 1.83. The minimum Gasteiger partial charge on any atom is -0.346 e. The van der Waals surface area contributed by atoms with E-state index in [1.807, 2.05) is 36.9 Å². The minimum atomic E-state index is 0.179. The van der Waals surface area contributed by atoms with Crippen molar-refractivity contribution in [3.63, 3.8) is 0 Å². The molecule has 0 radical (unpaired) electrons. The van der Waals surface area contributed by atoms with Crippen LogP contribution in [0, 0.1) is 0 Å². The normalized spacial score (nSPS) is 10.8. The number of carbonyl (C=O) groups excluding carboxylic acids is 1. The summed E-state index contributed by atoms with van der Waals surface area (Å²) in [7, 11) is 0. The number of rotatable bonds is 6. The van der Waals surface area contributed by atoms with Gasteiger partial charge >= 0.3 is 0 Å². The summed E-state index contributed by atoms with van der Waals surface area (Å²) in [5.74, 6) is 1.45. The SMILES string of the molecule is CCCC(=O)c1ccn(Cc2noc(CC)n2)c1. The summed E-state index contributed by atoms with van der Waals surface area (Å²) in [6.45, 7) is 4.50. The van der Waals surface area contributed by atoms with Gasteiger partial charge < -0.3 is 9.09 Å². The second-order valence-corrected chi connectivity index (χ2v) is 4.20. The van der Waals surface area contributed by atoms with Crippen LogP contribution in [0.25, 0.3) is 0 Å². The van der Waals surface area contributed by atoms with Gasteiger partial charge in [0.15, 0.2) is 11.6 Å². The van der Waals surface area contributed by atoms with Crippen molar-refractivity contribution in [1.82, 2.24) is 14.7 Å². The van der Waals surface area contributed by atoms with Gasteiger partial charge in [0.25, 0.3) is 0 Å². The second-order valence-electron chi connectivity index (χ2n) is 4.20. The third-order valence-corrected chi connectivity index (χ3v) is 2.69. The maximum Gasteiger partial charge on any atom is 0.226 e. The van der Waals surface area contributed by atoms with Crippen LogP contribution in [0.2, 0.25) is 0 Å². The highest BCUT2D eigenvalue weighted by atomic mass is 16.5. The number of hydrogen-bond donors (Lipinski definition) is 0. The maximum absolute atomic E-state index is 11.7. The molecular formula is C13H17N3O2. The Hall–Kier alpha value is -1.91. The molecule has 0 aromatic carbocycles. The Labute approximate surface area is 106 Å². The molecule has 0 saturated heterocycles. The predicted octanol–water partition coefficient (Wildman–Crippen LogP) is 2.46. The van der Waals surface area contributed by atoms with E-state index in [2.05, 4.69) is 10.1 Å². The van der Waals surface area contributed by atoms with Crippen molar-refractivity contribution in [3.8, 4) is 0 Å². The van der Waals surface area contributed by atoms with Gasteiger partial charge in [-0.2, -0.15) is 4.98 Å². The van der Waals surface area contributed by atoms with Crippen LogP contribution in [0.1, 0.15) is 48.8 Å². The first-order valence-corrected chi connectivity index (χ1v) is 6.23. The molecule has 0 saturated carbocycles. The molecule has 0 amide bonds. The van der Waals surface area contributed by atoms with E-state index in [0.717, 1.165) is 18.4 Å². The van der Waals surface area contributed by atoms with E-state index in [9.17, 15) is 4.79 Å². The van der Waals surface area contributed by atoms with Crippen molar-refractivity contribution in [2.75, 3.05) is 0 Å². The Bertz CT molecular complexity index is 528. The van der Waals surface area contributed by atoms with Gasteiger partial charge in [-0.1, -0.05) is 19.0 Å². The molecule has 0 aliphatic rings. The molecular weight excluding hydrogens is 230 g/mol. The number of hydrogen-bond acceptors (Lipinski definition) is 4. The quantitative estimate of drug-likeness (QED) is 0.736. The molecule has 0 atom stereocenters. The smallest absolute Gasteiger partial charge is 0.226 e. The first kappa shape index (κ1) is 12.5. The van der Waals surface area contributed by atoms with E-state index in [4.69, 9.17) is 4.52 Å². The molecule has 2 aromatic rings. The van der Waals surface area contributed by atoms with Crippen LogP contribution >= 0.6 is 0 Å². The van der Waals surface area contributed by atoms with Gasteiger partial charge in [0, 0.05) is 30.8 Å². The lowest BCUT2D eigenvalue weighted by Gasteiger charge is -1.97. The van der Waals surface area contributed by atoms with Gasteiger partial charge in [0.1, 0.15) is 0 Å². The van der Waals surface area contributed by atoms with Gasteiger partial charge in [-0.15, -0.1) is 0 Å². The molecule has 96 valence electrons. The van der Waals surface area contributed by atoms with Crippen LogP contribution in [0.3, 0.4) is 0 Å².